The van der Waals surface area contributed by atoms with Gasteiger partial charge in [0.05, 0.1) is 18.7 Å². The summed E-state index contributed by atoms with van der Waals surface area (Å²) >= 11 is 12.1. The summed E-state index contributed by atoms with van der Waals surface area (Å²) in [6, 6.07) is 17.4. The Bertz CT molecular complexity index is 1040. The predicted octanol–water partition coefficient (Wildman–Crippen LogP) is 6.23. The molecule has 5 nitrogen and oxygen atoms in total. The fourth-order valence-corrected chi connectivity index (χ4v) is 3.23. The quantitative estimate of drug-likeness (QED) is 0.446. The maximum Gasteiger partial charge on any atom is 0.255 e. The van der Waals surface area contributed by atoms with E-state index in [4.69, 9.17) is 37.4 Å². The number of nitrogens with one attached hydrogen (secondary N) is 1. The molecule has 0 atom stereocenters. The van der Waals surface area contributed by atoms with Gasteiger partial charge >= 0.3 is 0 Å². The summed E-state index contributed by atoms with van der Waals surface area (Å²) < 4.78 is 16.6. The van der Waals surface area contributed by atoms with Crippen molar-refractivity contribution in [3.63, 3.8) is 0 Å². The van der Waals surface area contributed by atoms with Crippen LogP contribution in [-0.4, -0.2) is 19.6 Å². The molecule has 0 unspecified atom stereocenters. The van der Waals surface area contributed by atoms with E-state index in [0.29, 0.717) is 45.2 Å². The van der Waals surface area contributed by atoms with Crippen LogP contribution in [0.15, 0.2) is 60.7 Å². The van der Waals surface area contributed by atoms with E-state index >= 15 is 0 Å². The minimum atomic E-state index is -0.275. The van der Waals surface area contributed by atoms with E-state index in [2.05, 4.69) is 5.32 Å². The highest BCUT2D eigenvalue weighted by Gasteiger charge is 2.13. The van der Waals surface area contributed by atoms with Crippen molar-refractivity contribution in [3.8, 4) is 17.2 Å². The van der Waals surface area contributed by atoms with Crippen LogP contribution >= 0.6 is 23.2 Å². The largest absolute Gasteiger partial charge is 0.495 e. The Labute approximate surface area is 185 Å². The van der Waals surface area contributed by atoms with E-state index in [1.165, 1.54) is 7.11 Å². The molecule has 0 aliphatic heterocycles. The SMILES string of the molecule is CCOc1ccc(C(=O)Nc2ccc(OC)c(Cl)c2)cc1COc1cccc(Cl)c1. The fourth-order valence-electron chi connectivity index (χ4n) is 2.80. The Balaban J connectivity index is 1.78. The van der Waals surface area contributed by atoms with Gasteiger partial charge in [-0.25, -0.2) is 0 Å². The van der Waals surface area contributed by atoms with Crippen LogP contribution < -0.4 is 19.5 Å². The van der Waals surface area contributed by atoms with E-state index in [-0.39, 0.29) is 12.5 Å². The van der Waals surface area contributed by atoms with Gasteiger partial charge in [-0.1, -0.05) is 29.3 Å². The van der Waals surface area contributed by atoms with Crippen molar-refractivity contribution < 1.29 is 19.0 Å². The molecular formula is C23H21Cl2NO4. The molecule has 156 valence electrons. The predicted molar refractivity (Wildman–Crippen MR) is 119 cm³/mol. The van der Waals surface area contributed by atoms with Gasteiger partial charge in [-0.05, 0) is 61.5 Å². The summed E-state index contributed by atoms with van der Waals surface area (Å²) in [6.07, 6.45) is 0. The number of hydrogen-bond acceptors (Lipinski definition) is 4. The van der Waals surface area contributed by atoms with E-state index in [9.17, 15) is 4.79 Å². The van der Waals surface area contributed by atoms with Crippen molar-refractivity contribution in [1.29, 1.82) is 0 Å². The number of ether oxygens (including phenoxy) is 3. The second-order valence-electron chi connectivity index (χ2n) is 6.31. The average molecular weight is 446 g/mol. The maximum atomic E-state index is 12.7. The molecule has 0 bridgehead atoms. The smallest absolute Gasteiger partial charge is 0.255 e. The third-order valence-electron chi connectivity index (χ3n) is 4.22. The first-order valence-electron chi connectivity index (χ1n) is 9.29. The summed E-state index contributed by atoms with van der Waals surface area (Å²) in [5.41, 5.74) is 1.78. The van der Waals surface area contributed by atoms with Crippen molar-refractivity contribution in [1.82, 2.24) is 0 Å². The van der Waals surface area contributed by atoms with Gasteiger partial charge in [0.1, 0.15) is 23.9 Å². The lowest BCUT2D eigenvalue weighted by molar-refractivity contribution is 0.102. The molecule has 0 saturated carbocycles. The van der Waals surface area contributed by atoms with E-state index in [1.807, 2.05) is 19.1 Å². The second kappa shape index (κ2) is 10.2. The maximum absolute atomic E-state index is 12.7. The zero-order chi connectivity index (χ0) is 21.5. The van der Waals surface area contributed by atoms with Crippen molar-refractivity contribution in [2.75, 3.05) is 19.0 Å². The van der Waals surface area contributed by atoms with Crippen molar-refractivity contribution in [2.24, 2.45) is 0 Å². The molecule has 30 heavy (non-hydrogen) atoms. The Morgan fingerprint density at radius 2 is 1.77 bits per heavy atom. The van der Waals surface area contributed by atoms with Crippen LogP contribution in [-0.2, 0) is 6.61 Å². The molecule has 0 radical (unpaired) electrons. The molecule has 3 aromatic rings. The van der Waals surface area contributed by atoms with Gasteiger partial charge in [-0.2, -0.15) is 0 Å². The van der Waals surface area contributed by atoms with Crippen LogP contribution in [0.5, 0.6) is 17.2 Å². The summed E-state index contributed by atoms with van der Waals surface area (Å²) in [5.74, 6) is 1.55. The number of amides is 1. The van der Waals surface area contributed by atoms with Crippen molar-refractivity contribution in [2.45, 2.75) is 13.5 Å². The van der Waals surface area contributed by atoms with E-state index < -0.39 is 0 Å². The fraction of sp³-hybridized carbons (Fsp3) is 0.174. The molecule has 0 spiro atoms. The van der Waals surface area contributed by atoms with Crippen molar-refractivity contribution in [3.05, 3.63) is 81.8 Å². The lowest BCUT2D eigenvalue weighted by atomic mass is 10.1. The van der Waals surface area contributed by atoms with E-state index in [0.717, 1.165) is 5.56 Å². The third-order valence-corrected chi connectivity index (χ3v) is 4.75. The molecule has 3 rings (SSSR count). The first-order valence-corrected chi connectivity index (χ1v) is 10.0. The second-order valence-corrected chi connectivity index (χ2v) is 7.15. The van der Waals surface area contributed by atoms with Crippen LogP contribution in [0.1, 0.15) is 22.8 Å². The van der Waals surface area contributed by atoms with Gasteiger partial charge in [0, 0.05) is 21.8 Å². The van der Waals surface area contributed by atoms with Gasteiger partial charge in [-0.3, -0.25) is 4.79 Å². The zero-order valence-electron chi connectivity index (χ0n) is 16.6. The van der Waals surface area contributed by atoms with Crippen LogP contribution in [0.4, 0.5) is 5.69 Å². The van der Waals surface area contributed by atoms with Gasteiger partial charge in [-0.15, -0.1) is 0 Å². The van der Waals surface area contributed by atoms with Gasteiger partial charge < -0.3 is 19.5 Å². The average Bonchev–Trinajstić information content (AvgIpc) is 2.73. The van der Waals surface area contributed by atoms with Gasteiger partial charge in [0.15, 0.2) is 0 Å². The lowest BCUT2D eigenvalue weighted by Crippen LogP contribution is -2.13. The first-order chi connectivity index (χ1) is 14.5. The third kappa shape index (κ3) is 5.59. The highest BCUT2D eigenvalue weighted by atomic mass is 35.5. The Kier molecular flexibility index (Phi) is 7.44. The Morgan fingerprint density at radius 3 is 2.47 bits per heavy atom. The molecule has 1 amide bonds. The summed E-state index contributed by atoms with van der Waals surface area (Å²) in [6.45, 7) is 2.63. The minimum absolute atomic E-state index is 0.227. The number of hydrogen-bond donors (Lipinski definition) is 1. The Hall–Kier alpha value is -2.89. The highest BCUT2D eigenvalue weighted by molar-refractivity contribution is 6.32. The number of benzene rings is 3. The lowest BCUT2D eigenvalue weighted by Gasteiger charge is -2.14. The molecular weight excluding hydrogens is 425 g/mol. The summed E-state index contributed by atoms with van der Waals surface area (Å²) in [4.78, 5) is 12.7. The number of rotatable bonds is 8. The van der Waals surface area contributed by atoms with Crippen LogP contribution in [0.2, 0.25) is 10.0 Å². The van der Waals surface area contributed by atoms with Crippen LogP contribution in [0.3, 0.4) is 0 Å². The number of carbonyl (C=O) groups excluding carboxylic acids is 1. The zero-order valence-corrected chi connectivity index (χ0v) is 18.1. The van der Waals surface area contributed by atoms with Crippen LogP contribution in [0.25, 0.3) is 0 Å². The molecule has 0 fully saturated rings. The van der Waals surface area contributed by atoms with Crippen molar-refractivity contribution >= 4 is 34.8 Å². The Morgan fingerprint density at radius 1 is 0.967 bits per heavy atom. The summed E-state index contributed by atoms with van der Waals surface area (Å²) in [5, 5.41) is 3.83. The topological polar surface area (TPSA) is 56.8 Å². The molecule has 3 aromatic carbocycles. The molecule has 0 aromatic heterocycles. The molecule has 7 heteroatoms. The summed E-state index contributed by atoms with van der Waals surface area (Å²) in [7, 11) is 1.53. The molecule has 0 saturated heterocycles. The monoisotopic (exact) mass is 445 g/mol. The standard InChI is InChI=1S/C23H21Cl2NO4/c1-3-29-21-9-7-15(11-16(21)14-30-19-6-4-5-17(24)12-19)23(27)26-18-8-10-22(28-2)20(25)13-18/h4-13H,3,14H2,1-2H3,(H,26,27). The van der Waals surface area contributed by atoms with Gasteiger partial charge in [0.2, 0.25) is 0 Å². The minimum Gasteiger partial charge on any atom is -0.495 e. The first kappa shape index (κ1) is 21.8. The number of methoxy groups -OCH3 is 1. The number of halogens is 2. The van der Waals surface area contributed by atoms with Crippen LogP contribution in [0, 0.1) is 0 Å². The van der Waals surface area contributed by atoms with Gasteiger partial charge in [0.25, 0.3) is 5.91 Å². The molecule has 0 aliphatic rings. The molecule has 0 aliphatic carbocycles. The molecule has 0 heterocycles. The number of anilines is 1. The number of carbonyl (C=O) groups is 1. The molecule has 1 N–H and O–H groups in total. The highest BCUT2D eigenvalue weighted by Crippen LogP contribution is 2.28. The van der Waals surface area contributed by atoms with E-state index in [1.54, 1.807) is 48.5 Å². The normalized spacial score (nSPS) is 10.4.